The summed E-state index contributed by atoms with van der Waals surface area (Å²) < 4.78 is 25.6. The molecule has 1 spiro atoms. The zero-order valence-electron chi connectivity index (χ0n) is 15.1. The van der Waals surface area contributed by atoms with Gasteiger partial charge in [0.2, 0.25) is 5.91 Å². The van der Waals surface area contributed by atoms with E-state index >= 15 is 0 Å². The lowest BCUT2D eigenvalue weighted by Crippen LogP contribution is -2.66. The molecule has 1 aromatic heterocycles. The number of benzene rings is 1. The topological polar surface area (TPSA) is 51.7 Å². The number of aromatic nitrogens is 1. The van der Waals surface area contributed by atoms with Crippen molar-refractivity contribution in [3.8, 4) is 0 Å². The zero-order valence-corrected chi connectivity index (χ0v) is 15.1. The van der Waals surface area contributed by atoms with Crippen molar-refractivity contribution in [2.45, 2.75) is 25.0 Å². The Hall–Kier alpha value is -2.31. The minimum Gasteiger partial charge on any atom is -0.375 e. The van der Waals surface area contributed by atoms with Gasteiger partial charge in [-0.3, -0.25) is 9.78 Å². The van der Waals surface area contributed by atoms with Crippen LogP contribution in [0.1, 0.15) is 17.7 Å². The van der Waals surface area contributed by atoms with Crippen molar-refractivity contribution in [2.24, 2.45) is 5.92 Å². The van der Waals surface area contributed by atoms with Gasteiger partial charge in [-0.15, -0.1) is 0 Å². The Morgan fingerprint density at radius 2 is 2.07 bits per heavy atom. The molecule has 2 fully saturated rings. The number of carbonyl (C=O) groups excluding carboxylic acids is 1. The average Bonchev–Trinajstić information content (AvgIpc) is 3.07. The molecule has 3 heterocycles. The first-order valence-corrected chi connectivity index (χ1v) is 9.29. The Bertz CT molecular complexity index is 793. The number of amides is 1. The summed E-state index contributed by atoms with van der Waals surface area (Å²) in [5.41, 5.74) is 1.03. The molecular weight excluding hydrogens is 347 g/mol. The van der Waals surface area contributed by atoms with Crippen molar-refractivity contribution < 1.29 is 18.7 Å². The van der Waals surface area contributed by atoms with Crippen molar-refractivity contribution in [3.05, 3.63) is 65.7 Å². The summed E-state index contributed by atoms with van der Waals surface area (Å²) in [5, 5.41) is 0. The fourth-order valence-electron chi connectivity index (χ4n) is 3.85. The number of carbonyl (C=O) groups is 1. The zero-order chi connectivity index (χ0) is 18.7. The third kappa shape index (κ3) is 3.87. The average molecular weight is 370 g/mol. The Kier molecular flexibility index (Phi) is 5.18. The number of hydrogen-bond acceptors (Lipinski definition) is 4. The monoisotopic (exact) mass is 370 g/mol. The molecule has 1 aromatic carbocycles. The number of likely N-dealkylation sites (tertiary alicyclic amines) is 1. The summed E-state index contributed by atoms with van der Waals surface area (Å²) in [6, 6.07) is 12.2. The van der Waals surface area contributed by atoms with Gasteiger partial charge in [0.1, 0.15) is 11.4 Å². The van der Waals surface area contributed by atoms with Crippen LogP contribution in [0.15, 0.2) is 48.7 Å². The molecule has 6 heteroatoms. The van der Waals surface area contributed by atoms with Crippen LogP contribution >= 0.6 is 0 Å². The molecule has 0 N–H and O–H groups in total. The molecule has 1 amide bonds. The predicted octanol–water partition coefficient (Wildman–Crippen LogP) is 2.60. The first-order chi connectivity index (χ1) is 13.2. The molecule has 27 heavy (non-hydrogen) atoms. The first-order valence-electron chi connectivity index (χ1n) is 9.29. The Morgan fingerprint density at radius 3 is 2.85 bits per heavy atom. The van der Waals surface area contributed by atoms with Gasteiger partial charge in [0.05, 0.1) is 38.4 Å². The molecule has 0 radical (unpaired) electrons. The molecule has 5 nitrogen and oxygen atoms in total. The molecule has 0 saturated carbocycles. The third-order valence-corrected chi connectivity index (χ3v) is 5.46. The lowest BCUT2D eigenvalue weighted by molar-refractivity contribution is -0.168. The minimum atomic E-state index is -0.334. The van der Waals surface area contributed by atoms with Crippen LogP contribution in [-0.2, 0) is 27.3 Å². The fraction of sp³-hybridized carbons (Fsp3) is 0.429. The summed E-state index contributed by atoms with van der Waals surface area (Å²) in [5.74, 6) is -0.132. The molecule has 2 aromatic rings. The van der Waals surface area contributed by atoms with Gasteiger partial charge < -0.3 is 14.4 Å². The Balaban J connectivity index is 1.28. The van der Waals surface area contributed by atoms with Crippen LogP contribution in [-0.4, -0.2) is 47.7 Å². The molecule has 0 aliphatic carbocycles. The standard InChI is InChI=1S/C21H23FN2O3/c22-19-7-2-1-5-16(19)11-20(25)24-14-21(15-24)17(8-10-27-21)12-26-13-18-6-3-4-9-23-18/h1-7,9,17H,8,10-15H2/t17-/m1/s1. The first kappa shape index (κ1) is 18.1. The molecular formula is C21H23FN2O3. The molecule has 2 aliphatic heterocycles. The van der Waals surface area contributed by atoms with Crippen molar-refractivity contribution >= 4 is 5.91 Å². The van der Waals surface area contributed by atoms with Gasteiger partial charge in [-0.1, -0.05) is 24.3 Å². The van der Waals surface area contributed by atoms with Crippen LogP contribution in [0.5, 0.6) is 0 Å². The molecule has 142 valence electrons. The predicted molar refractivity (Wildman–Crippen MR) is 97.4 cm³/mol. The lowest BCUT2D eigenvalue weighted by Gasteiger charge is -2.50. The second-order valence-corrected chi connectivity index (χ2v) is 7.25. The normalized spacial score (nSPS) is 20.6. The van der Waals surface area contributed by atoms with Gasteiger partial charge in [0.25, 0.3) is 0 Å². The van der Waals surface area contributed by atoms with E-state index in [0.717, 1.165) is 12.1 Å². The lowest BCUT2D eigenvalue weighted by atomic mass is 9.81. The summed E-state index contributed by atoms with van der Waals surface area (Å²) in [7, 11) is 0. The van der Waals surface area contributed by atoms with Crippen LogP contribution < -0.4 is 0 Å². The van der Waals surface area contributed by atoms with Crippen molar-refractivity contribution in [2.75, 3.05) is 26.3 Å². The molecule has 4 rings (SSSR count). The maximum Gasteiger partial charge on any atom is 0.227 e. The van der Waals surface area contributed by atoms with E-state index < -0.39 is 0 Å². The van der Waals surface area contributed by atoms with Gasteiger partial charge in [0, 0.05) is 18.7 Å². The third-order valence-electron chi connectivity index (χ3n) is 5.46. The van der Waals surface area contributed by atoms with E-state index in [0.29, 0.717) is 38.5 Å². The van der Waals surface area contributed by atoms with E-state index in [-0.39, 0.29) is 29.7 Å². The maximum atomic E-state index is 13.8. The van der Waals surface area contributed by atoms with Gasteiger partial charge in [-0.05, 0) is 30.2 Å². The van der Waals surface area contributed by atoms with Gasteiger partial charge in [-0.2, -0.15) is 0 Å². The highest BCUT2D eigenvalue weighted by Crippen LogP contribution is 2.40. The van der Waals surface area contributed by atoms with Crippen LogP contribution in [0.4, 0.5) is 4.39 Å². The van der Waals surface area contributed by atoms with Crippen molar-refractivity contribution in [1.29, 1.82) is 0 Å². The highest BCUT2D eigenvalue weighted by Gasteiger charge is 2.54. The number of ether oxygens (including phenoxy) is 2. The van der Waals surface area contributed by atoms with Crippen molar-refractivity contribution in [3.63, 3.8) is 0 Å². The van der Waals surface area contributed by atoms with E-state index in [9.17, 15) is 9.18 Å². The molecule has 0 bridgehead atoms. The number of pyridine rings is 1. The summed E-state index contributed by atoms with van der Waals surface area (Å²) in [6.07, 6.45) is 2.77. The Labute approximate surface area is 158 Å². The maximum absolute atomic E-state index is 13.8. The quantitative estimate of drug-likeness (QED) is 0.784. The summed E-state index contributed by atoms with van der Waals surface area (Å²) in [6.45, 7) is 2.86. The number of hydrogen-bond donors (Lipinski definition) is 0. The molecule has 0 unspecified atom stereocenters. The smallest absolute Gasteiger partial charge is 0.227 e. The highest BCUT2D eigenvalue weighted by molar-refractivity contribution is 5.80. The van der Waals surface area contributed by atoms with Gasteiger partial charge in [-0.25, -0.2) is 4.39 Å². The van der Waals surface area contributed by atoms with E-state index in [1.54, 1.807) is 29.3 Å². The Morgan fingerprint density at radius 1 is 1.26 bits per heavy atom. The molecule has 1 atom stereocenters. The largest absolute Gasteiger partial charge is 0.375 e. The second-order valence-electron chi connectivity index (χ2n) is 7.25. The molecule has 2 aliphatic rings. The SMILES string of the molecule is O=C(Cc1ccccc1F)N1CC2(C1)OCC[C@@H]2COCc1ccccn1. The number of halogens is 1. The summed E-state index contributed by atoms with van der Waals surface area (Å²) >= 11 is 0. The second kappa shape index (κ2) is 7.74. The van der Waals surface area contributed by atoms with E-state index in [2.05, 4.69) is 4.98 Å². The van der Waals surface area contributed by atoms with Crippen LogP contribution in [0, 0.1) is 11.7 Å². The number of nitrogens with zero attached hydrogens (tertiary/aromatic N) is 2. The fourth-order valence-corrected chi connectivity index (χ4v) is 3.85. The van der Waals surface area contributed by atoms with E-state index in [4.69, 9.17) is 9.47 Å². The minimum absolute atomic E-state index is 0.0608. The van der Waals surface area contributed by atoms with Crippen molar-refractivity contribution in [1.82, 2.24) is 9.88 Å². The van der Waals surface area contributed by atoms with Gasteiger partial charge in [0.15, 0.2) is 0 Å². The van der Waals surface area contributed by atoms with Gasteiger partial charge >= 0.3 is 0 Å². The summed E-state index contributed by atoms with van der Waals surface area (Å²) in [4.78, 5) is 18.5. The molecule has 2 saturated heterocycles. The van der Waals surface area contributed by atoms with Crippen LogP contribution in [0.2, 0.25) is 0 Å². The number of rotatable bonds is 6. The van der Waals surface area contributed by atoms with Crippen LogP contribution in [0.25, 0.3) is 0 Å². The highest BCUT2D eigenvalue weighted by atomic mass is 19.1. The van der Waals surface area contributed by atoms with E-state index in [1.165, 1.54) is 6.07 Å². The van der Waals surface area contributed by atoms with E-state index in [1.807, 2.05) is 18.2 Å². The van der Waals surface area contributed by atoms with Crippen LogP contribution in [0.3, 0.4) is 0 Å².